The van der Waals surface area contributed by atoms with E-state index in [1.54, 1.807) is 36.4 Å². The Morgan fingerprint density at radius 1 is 1.10 bits per heavy atom. The number of hydrazine groups is 1. The molecule has 2 rings (SSSR count). The molecule has 0 saturated carbocycles. The van der Waals surface area contributed by atoms with E-state index in [0.717, 1.165) is 9.87 Å². The number of nitrogens with one attached hydrogen (secondary N) is 2. The monoisotopic (exact) mass is 430 g/mol. The number of sulfonamides is 1. The van der Waals surface area contributed by atoms with Crippen LogP contribution in [0, 0.1) is 18.3 Å². The minimum Gasteiger partial charge on any atom is -0.481 e. The molecule has 9 nitrogen and oxygen atoms in total. The Labute approximate surface area is 175 Å². The van der Waals surface area contributed by atoms with E-state index in [1.165, 1.54) is 26.1 Å². The van der Waals surface area contributed by atoms with Crippen molar-refractivity contribution in [1.29, 1.82) is 5.26 Å². The first-order valence-electron chi connectivity index (χ1n) is 8.92. The van der Waals surface area contributed by atoms with Crippen LogP contribution >= 0.6 is 0 Å². The second kappa shape index (κ2) is 9.87. The predicted octanol–water partition coefficient (Wildman–Crippen LogP) is 1.10. The van der Waals surface area contributed by atoms with Gasteiger partial charge in [0.05, 0.1) is 23.1 Å². The van der Waals surface area contributed by atoms with Crippen molar-refractivity contribution in [2.24, 2.45) is 0 Å². The molecule has 0 aliphatic heterocycles. The lowest BCUT2D eigenvalue weighted by Crippen LogP contribution is -2.50. The highest BCUT2D eigenvalue weighted by Crippen LogP contribution is 2.15. The second-order valence-corrected chi connectivity index (χ2v) is 8.55. The molecule has 0 radical (unpaired) electrons. The van der Waals surface area contributed by atoms with E-state index < -0.39 is 34.5 Å². The van der Waals surface area contributed by atoms with Gasteiger partial charge < -0.3 is 4.74 Å². The third kappa shape index (κ3) is 6.04. The summed E-state index contributed by atoms with van der Waals surface area (Å²) in [7, 11) is -2.57. The molecular weight excluding hydrogens is 408 g/mol. The molecule has 0 fully saturated rings. The zero-order chi connectivity index (χ0) is 22.3. The van der Waals surface area contributed by atoms with E-state index in [2.05, 4.69) is 10.9 Å². The number of benzene rings is 2. The van der Waals surface area contributed by atoms with Crippen LogP contribution in [0.3, 0.4) is 0 Å². The van der Waals surface area contributed by atoms with E-state index in [1.807, 2.05) is 13.0 Å². The van der Waals surface area contributed by atoms with Crippen LogP contribution in [0.15, 0.2) is 53.4 Å². The quantitative estimate of drug-likeness (QED) is 0.633. The zero-order valence-electron chi connectivity index (χ0n) is 16.7. The highest BCUT2D eigenvalue weighted by Gasteiger charge is 2.23. The highest BCUT2D eigenvalue weighted by molar-refractivity contribution is 7.89. The van der Waals surface area contributed by atoms with Gasteiger partial charge in [-0.2, -0.15) is 9.57 Å². The largest absolute Gasteiger partial charge is 0.481 e. The SMILES string of the molecule is Cc1ccc(S(=O)(=O)N(C)CC(=O)NNC(=O)[C@H](C)Oc2ccc(C#N)cc2)cc1. The van der Waals surface area contributed by atoms with Gasteiger partial charge in [0.2, 0.25) is 10.0 Å². The van der Waals surface area contributed by atoms with Crippen molar-refractivity contribution >= 4 is 21.8 Å². The summed E-state index contributed by atoms with van der Waals surface area (Å²) in [6.45, 7) is 2.83. The summed E-state index contributed by atoms with van der Waals surface area (Å²) in [6.07, 6.45) is -0.938. The standard InChI is InChI=1S/C20H22N4O5S/c1-14-4-10-18(11-5-14)30(27,28)24(3)13-19(25)22-23-20(26)15(2)29-17-8-6-16(12-21)7-9-17/h4-11,15H,13H2,1-3H3,(H,22,25)(H,23,26)/t15-/m0/s1. The normalized spacial score (nSPS) is 12.0. The summed E-state index contributed by atoms with van der Waals surface area (Å²) >= 11 is 0. The van der Waals surface area contributed by atoms with Crippen molar-refractivity contribution in [3.63, 3.8) is 0 Å². The van der Waals surface area contributed by atoms with Crippen LogP contribution in [-0.4, -0.2) is 44.2 Å². The third-order valence-electron chi connectivity index (χ3n) is 4.09. The molecule has 1 atom stereocenters. The Bertz CT molecular complexity index is 1040. The van der Waals surface area contributed by atoms with Gasteiger partial charge in [0.25, 0.3) is 11.8 Å². The smallest absolute Gasteiger partial charge is 0.279 e. The number of likely N-dealkylation sites (N-methyl/N-ethyl adjacent to an activating group) is 1. The van der Waals surface area contributed by atoms with Gasteiger partial charge in [0.1, 0.15) is 5.75 Å². The van der Waals surface area contributed by atoms with Crippen LogP contribution in [0.2, 0.25) is 0 Å². The van der Waals surface area contributed by atoms with Crippen molar-refractivity contribution in [3.8, 4) is 11.8 Å². The number of hydrogen-bond donors (Lipinski definition) is 2. The van der Waals surface area contributed by atoms with E-state index in [-0.39, 0.29) is 4.90 Å². The van der Waals surface area contributed by atoms with Crippen LogP contribution in [0.4, 0.5) is 0 Å². The molecule has 2 amide bonds. The number of rotatable bonds is 7. The minimum atomic E-state index is -3.84. The molecule has 0 spiro atoms. The summed E-state index contributed by atoms with van der Waals surface area (Å²) < 4.78 is 31.3. The fourth-order valence-electron chi connectivity index (χ4n) is 2.32. The van der Waals surface area contributed by atoms with E-state index in [9.17, 15) is 18.0 Å². The Balaban J connectivity index is 1.85. The number of aryl methyl sites for hydroxylation is 1. The van der Waals surface area contributed by atoms with Gasteiger partial charge in [-0.05, 0) is 50.2 Å². The first-order valence-corrected chi connectivity index (χ1v) is 10.4. The van der Waals surface area contributed by atoms with Gasteiger partial charge in [-0.25, -0.2) is 8.42 Å². The van der Waals surface area contributed by atoms with E-state index in [4.69, 9.17) is 10.00 Å². The molecule has 10 heteroatoms. The minimum absolute atomic E-state index is 0.0666. The molecule has 0 aliphatic carbocycles. The number of hydrogen-bond acceptors (Lipinski definition) is 6. The van der Waals surface area contributed by atoms with E-state index in [0.29, 0.717) is 11.3 Å². The maximum atomic E-state index is 12.5. The molecule has 0 heterocycles. The average Bonchev–Trinajstić information content (AvgIpc) is 2.72. The lowest BCUT2D eigenvalue weighted by Gasteiger charge is -2.18. The van der Waals surface area contributed by atoms with Gasteiger partial charge in [-0.15, -0.1) is 0 Å². The van der Waals surface area contributed by atoms with Crippen molar-refractivity contribution < 1.29 is 22.7 Å². The molecule has 0 bridgehead atoms. The van der Waals surface area contributed by atoms with Crippen LogP contribution in [0.5, 0.6) is 5.75 Å². The van der Waals surface area contributed by atoms with Crippen LogP contribution in [-0.2, 0) is 19.6 Å². The first kappa shape index (κ1) is 22.9. The maximum absolute atomic E-state index is 12.5. The summed E-state index contributed by atoms with van der Waals surface area (Å²) in [5.74, 6) is -0.962. The topological polar surface area (TPSA) is 129 Å². The highest BCUT2D eigenvalue weighted by atomic mass is 32.2. The third-order valence-corrected chi connectivity index (χ3v) is 5.90. The Kier molecular flexibility index (Phi) is 7.52. The maximum Gasteiger partial charge on any atom is 0.279 e. The van der Waals surface area contributed by atoms with E-state index >= 15 is 0 Å². The molecular formula is C20H22N4O5S. The number of ether oxygens (including phenoxy) is 1. The van der Waals surface area contributed by atoms with Gasteiger partial charge in [-0.1, -0.05) is 17.7 Å². The molecule has 0 saturated heterocycles. The fourth-order valence-corrected chi connectivity index (χ4v) is 3.44. The van der Waals surface area contributed by atoms with Crippen molar-refractivity contribution in [2.45, 2.75) is 24.8 Å². The summed E-state index contributed by atoms with van der Waals surface area (Å²) in [4.78, 5) is 24.2. The predicted molar refractivity (Wildman–Crippen MR) is 109 cm³/mol. The Morgan fingerprint density at radius 3 is 2.27 bits per heavy atom. The summed E-state index contributed by atoms with van der Waals surface area (Å²) in [6, 6.07) is 14.4. The second-order valence-electron chi connectivity index (χ2n) is 6.51. The lowest BCUT2D eigenvalue weighted by molar-refractivity contribution is -0.132. The Morgan fingerprint density at radius 2 is 1.70 bits per heavy atom. The Hall–Kier alpha value is -3.42. The summed E-state index contributed by atoms with van der Waals surface area (Å²) in [5.41, 5.74) is 5.72. The number of amides is 2. The van der Waals surface area contributed by atoms with Crippen molar-refractivity contribution in [1.82, 2.24) is 15.2 Å². The fraction of sp³-hybridized carbons (Fsp3) is 0.250. The van der Waals surface area contributed by atoms with Gasteiger partial charge in [-0.3, -0.25) is 20.4 Å². The van der Waals surface area contributed by atoms with Crippen molar-refractivity contribution in [2.75, 3.05) is 13.6 Å². The van der Waals surface area contributed by atoms with Crippen LogP contribution < -0.4 is 15.6 Å². The number of nitrogens with zero attached hydrogens (tertiary/aromatic N) is 2. The van der Waals surface area contributed by atoms with Gasteiger partial charge >= 0.3 is 0 Å². The molecule has 2 aromatic carbocycles. The number of nitriles is 1. The number of carbonyl (C=O) groups is 2. The van der Waals surface area contributed by atoms with Gasteiger partial charge in [0, 0.05) is 7.05 Å². The molecule has 158 valence electrons. The molecule has 0 aliphatic rings. The molecule has 2 N–H and O–H groups in total. The molecule has 0 aromatic heterocycles. The first-order chi connectivity index (χ1) is 14.1. The zero-order valence-corrected chi connectivity index (χ0v) is 17.6. The average molecular weight is 430 g/mol. The summed E-state index contributed by atoms with van der Waals surface area (Å²) in [5, 5.41) is 8.77. The van der Waals surface area contributed by atoms with Gasteiger partial charge in [0.15, 0.2) is 6.10 Å². The number of carbonyl (C=O) groups excluding carboxylic acids is 2. The molecule has 30 heavy (non-hydrogen) atoms. The van der Waals surface area contributed by atoms with Crippen LogP contribution in [0.1, 0.15) is 18.1 Å². The van der Waals surface area contributed by atoms with Crippen LogP contribution in [0.25, 0.3) is 0 Å². The lowest BCUT2D eigenvalue weighted by atomic mass is 10.2. The molecule has 2 aromatic rings. The van der Waals surface area contributed by atoms with Crippen molar-refractivity contribution in [3.05, 3.63) is 59.7 Å². The molecule has 0 unspecified atom stereocenters.